The molecule has 0 spiro atoms. The molecular weight excluding hydrogens is 259 g/mol. The third kappa shape index (κ3) is 2.81. The lowest BCUT2D eigenvalue weighted by atomic mass is 10.1. The summed E-state index contributed by atoms with van der Waals surface area (Å²) in [6, 6.07) is 3.48. The van der Waals surface area contributed by atoms with Gasteiger partial charge in [0.05, 0.1) is 11.3 Å². The predicted octanol–water partition coefficient (Wildman–Crippen LogP) is 2.23. The Bertz CT molecular complexity index is 497. The van der Waals surface area contributed by atoms with Crippen LogP contribution in [0.1, 0.15) is 28.8 Å². The minimum absolute atomic E-state index is 0.0146. The van der Waals surface area contributed by atoms with Crippen LogP contribution in [0.5, 0.6) is 0 Å². The van der Waals surface area contributed by atoms with Crippen LogP contribution >= 0.6 is 0 Å². The van der Waals surface area contributed by atoms with E-state index in [2.05, 4.69) is 0 Å². The molecule has 19 heavy (non-hydrogen) atoms. The summed E-state index contributed by atoms with van der Waals surface area (Å²) >= 11 is 0. The van der Waals surface area contributed by atoms with Crippen molar-refractivity contribution in [3.63, 3.8) is 0 Å². The van der Waals surface area contributed by atoms with Crippen LogP contribution in [0.4, 0.5) is 18.9 Å². The Morgan fingerprint density at radius 2 is 2.05 bits per heavy atom. The van der Waals surface area contributed by atoms with Crippen molar-refractivity contribution in [3.8, 4) is 0 Å². The lowest BCUT2D eigenvalue weighted by molar-refractivity contribution is -0.137. The highest BCUT2D eigenvalue weighted by Crippen LogP contribution is 2.35. The number of nitrogens with one attached hydrogen (secondary N) is 1. The number of alkyl halides is 3. The molecular formula is C12H14F3N3O. The maximum Gasteiger partial charge on any atom is 0.418 e. The number of benzene rings is 1. The first kappa shape index (κ1) is 13.7. The topological polar surface area (TPSA) is 58.4 Å². The molecule has 1 fully saturated rings. The summed E-state index contributed by atoms with van der Waals surface area (Å²) in [4.78, 5) is 13.5. The van der Waals surface area contributed by atoms with E-state index >= 15 is 0 Å². The number of nitrogens with zero attached hydrogens (tertiary/aromatic N) is 1. The van der Waals surface area contributed by atoms with Gasteiger partial charge in [0.1, 0.15) is 0 Å². The van der Waals surface area contributed by atoms with Crippen LogP contribution in [0.15, 0.2) is 18.2 Å². The van der Waals surface area contributed by atoms with Crippen molar-refractivity contribution in [2.45, 2.75) is 25.1 Å². The van der Waals surface area contributed by atoms with E-state index in [0.29, 0.717) is 0 Å². The van der Waals surface area contributed by atoms with Crippen LogP contribution in [0.3, 0.4) is 0 Å². The Balaban J connectivity index is 2.34. The molecule has 0 unspecified atom stereocenters. The molecule has 1 aromatic carbocycles. The highest BCUT2D eigenvalue weighted by Gasteiger charge is 2.35. The van der Waals surface area contributed by atoms with Gasteiger partial charge in [-0.05, 0) is 31.0 Å². The van der Waals surface area contributed by atoms with Gasteiger partial charge in [-0.2, -0.15) is 13.2 Å². The Labute approximate surface area is 108 Å². The normalized spacial score (nSPS) is 15.2. The SMILES string of the molecule is CN(C(=O)c1ccc(NN)c(C(F)(F)F)c1)C1CC1. The van der Waals surface area contributed by atoms with Crippen molar-refractivity contribution < 1.29 is 18.0 Å². The fourth-order valence-electron chi connectivity index (χ4n) is 1.87. The summed E-state index contributed by atoms with van der Waals surface area (Å²) in [6.07, 6.45) is -2.76. The third-order valence-electron chi connectivity index (χ3n) is 3.14. The van der Waals surface area contributed by atoms with Crippen LogP contribution < -0.4 is 11.3 Å². The molecule has 4 nitrogen and oxygen atoms in total. The van der Waals surface area contributed by atoms with Crippen LogP contribution in [-0.4, -0.2) is 23.9 Å². The summed E-state index contributed by atoms with van der Waals surface area (Å²) in [5.74, 6) is 4.64. The van der Waals surface area contributed by atoms with Gasteiger partial charge in [-0.15, -0.1) is 0 Å². The zero-order chi connectivity index (χ0) is 14.2. The average molecular weight is 273 g/mol. The zero-order valence-electron chi connectivity index (χ0n) is 10.3. The van der Waals surface area contributed by atoms with Crippen molar-refractivity contribution in [2.75, 3.05) is 12.5 Å². The van der Waals surface area contributed by atoms with Crippen molar-refractivity contribution in [3.05, 3.63) is 29.3 Å². The van der Waals surface area contributed by atoms with Gasteiger partial charge >= 0.3 is 6.18 Å². The number of rotatable bonds is 3. The Hall–Kier alpha value is -1.76. The summed E-state index contributed by atoms with van der Waals surface area (Å²) in [5, 5.41) is 0. The molecule has 0 bridgehead atoms. The minimum Gasteiger partial charge on any atom is -0.339 e. The van der Waals surface area contributed by atoms with Gasteiger partial charge < -0.3 is 10.3 Å². The Morgan fingerprint density at radius 3 is 2.53 bits per heavy atom. The first-order valence-electron chi connectivity index (χ1n) is 5.79. The molecule has 0 saturated heterocycles. The van der Waals surface area contributed by atoms with Gasteiger partial charge in [0, 0.05) is 18.7 Å². The zero-order valence-corrected chi connectivity index (χ0v) is 10.3. The van der Waals surface area contributed by atoms with E-state index in [-0.39, 0.29) is 17.3 Å². The monoisotopic (exact) mass is 273 g/mol. The van der Waals surface area contributed by atoms with Crippen molar-refractivity contribution in [1.82, 2.24) is 4.90 Å². The molecule has 1 aliphatic rings. The van der Waals surface area contributed by atoms with Gasteiger partial charge in [0.15, 0.2) is 0 Å². The average Bonchev–Trinajstić information content (AvgIpc) is 3.19. The first-order valence-corrected chi connectivity index (χ1v) is 5.79. The molecule has 2 rings (SSSR count). The highest BCUT2D eigenvalue weighted by molar-refractivity contribution is 5.95. The molecule has 1 aromatic rings. The number of carbonyl (C=O) groups is 1. The van der Waals surface area contributed by atoms with Crippen molar-refractivity contribution >= 4 is 11.6 Å². The summed E-state index contributed by atoms with van der Waals surface area (Å²) < 4.78 is 38.5. The molecule has 1 amide bonds. The maximum absolute atomic E-state index is 12.8. The standard InChI is InChI=1S/C12H14F3N3O/c1-18(8-3-4-8)11(19)7-2-5-10(17-16)9(6-7)12(13,14)15/h2,5-6,8,17H,3-4,16H2,1H3. The fourth-order valence-corrected chi connectivity index (χ4v) is 1.87. The molecule has 0 heterocycles. The van der Waals surface area contributed by atoms with Gasteiger partial charge in [-0.25, -0.2) is 0 Å². The molecule has 7 heteroatoms. The molecule has 1 saturated carbocycles. The maximum atomic E-state index is 12.8. The summed E-state index contributed by atoms with van der Waals surface area (Å²) in [6.45, 7) is 0. The number of anilines is 1. The van der Waals surface area contributed by atoms with Gasteiger partial charge in [-0.3, -0.25) is 10.6 Å². The third-order valence-corrected chi connectivity index (χ3v) is 3.14. The Kier molecular flexibility index (Phi) is 3.40. The number of halogens is 3. The predicted molar refractivity (Wildman–Crippen MR) is 64.4 cm³/mol. The van der Waals surface area contributed by atoms with E-state index in [4.69, 9.17) is 5.84 Å². The van der Waals surface area contributed by atoms with E-state index in [1.165, 1.54) is 11.0 Å². The number of nitrogens with two attached hydrogens (primary N) is 1. The van der Waals surface area contributed by atoms with Crippen LogP contribution in [-0.2, 0) is 6.18 Å². The van der Waals surface area contributed by atoms with E-state index in [9.17, 15) is 18.0 Å². The highest BCUT2D eigenvalue weighted by atomic mass is 19.4. The lowest BCUT2D eigenvalue weighted by Crippen LogP contribution is -2.29. The molecule has 3 N–H and O–H groups in total. The molecule has 0 aromatic heterocycles. The molecule has 104 valence electrons. The smallest absolute Gasteiger partial charge is 0.339 e. The Morgan fingerprint density at radius 1 is 1.42 bits per heavy atom. The second kappa shape index (κ2) is 4.73. The second-order valence-electron chi connectivity index (χ2n) is 4.55. The van der Waals surface area contributed by atoms with Crippen LogP contribution in [0.25, 0.3) is 0 Å². The lowest BCUT2D eigenvalue weighted by Gasteiger charge is -2.18. The van der Waals surface area contributed by atoms with Crippen molar-refractivity contribution in [1.29, 1.82) is 0 Å². The quantitative estimate of drug-likeness (QED) is 0.656. The van der Waals surface area contributed by atoms with E-state index in [1.54, 1.807) is 7.05 Å². The van der Waals surface area contributed by atoms with Crippen LogP contribution in [0, 0.1) is 0 Å². The molecule has 0 atom stereocenters. The number of carbonyl (C=O) groups excluding carboxylic acids is 1. The first-order chi connectivity index (χ1) is 8.84. The summed E-state index contributed by atoms with van der Waals surface area (Å²) in [5.41, 5.74) is 0.811. The van der Waals surface area contributed by atoms with Crippen LogP contribution in [0.2, 0.25) is 0 Å². The number of nitrogen functional groups attached to an aromatic ring is 1. The van der Waals surface area contributed by atoms with Crippen molar-refractivity contribution in [2.24, 2.45) is 5.84 Å². The van der Waals surface area contributed by atoms with Gasteiger partial charge in [0.25, 0.3) is 5.91 Å². The molecule has 1 aliphatic carbocycles. The van der Waals surface area contributed by atoms with E-state index < -0.39 is 17.6 Å². The fraction of sp³-hybridized carbons (Fsp3) is 0.417. The number of hydrogen-bond acceptors (Lipinski definition) is 3. The van der Waals surface area contributed by atoms with Gasteiger partial charge in [0.2, 0.25) is 0 Å². The number of hydrogen-bond donors (Lipinski definition) is 2. The van der Waals surface area contributed by atoms with Gasteiger partial charge in [-0.1, -0.05) is 0 Å². The molecule has 0 radical (unpaired) electrons. The minimum atomic E-state index is -4.56. The molecule has 0 aliphatic heterocycles. The summed E-state index contributed by atoms with van der Waals surface area (Å²) in [7, 11) is 1.60. The van der Waals surface area contributed by atoms with E-state index in [1.807, 2.05) is 5.43 Å². The second-order valence-corrected chi connectivity index (χ2v) is 4.55. The number of amides is 1. The largest absolute Gasteiger partial charge is 0.418 e. The number of hydrazine groups is 1. The van der Waals surface area contributed by atoms with E-state index in [0.717, 1.165) is 25.0 Å².